The molecule has 0 saturated heterocycles. The lowest BCUT2D eigenvalue weighted by Gasteiger charge is -2.19. The molecule has 0 aromatic heterocycles. The predicted octanol–water partition coefficient (Wildman–Crippen LogP) is 2.21. The van der Waals surface area contributed by atoms with Gasteiger partial charge in [0.25, 0.3) is 0 Å². The van der Waals surface area contributed by atoms with Crippen molar-refractivity contribution in [2.75, 3.05) is 33.9 Å². The van der Waals surface area contributed by atoms with Crippen LogP contribution in [-0.2, 0) is 0 Å². The van der Waals surface area contributed by atoms with Crippen molar-refractivity contribution in [2.45, 2.75) is 12.3 Å². The fourth-order valence-electron chi connectivity index (χ4n) is 1.74. The zero-order valence-corrected chi connectivity index (χ0v) is 11.4. The minimum absolute atomic E-state index is 0.0730. The fraction of sp³-hybridized carbons (Fsp3) is 0.538. The standard InChI is InChI=1S/C13H20ClNO2/c1-10-8-11(4-5-13(10)17-3)12(14)9-15(2)6-7-16/h4-5,8,12,16H,6-7,9H2,1-3H3. The number of hydrogen-bond donors (Lipinski definition) is 1. The molecule has 1 N–H and O–H groups in total. The van der Waals surface area contributed by atoms with Crippen molar-refractivity contribution in [3.63, 3.8) is 0 Å². The SMILES string of the molecule is COc1ccc(C(Cl)CN(C)CCO)cc1C. The molecular weight excluding hydrogens is 238 g/mol. The van der Waals surface area contributed by atoms with Crippen LogP contribution >= 0.6 is 11.6 Å². The van der Waals surface area contributed by atoms with E-state index >= 15 is 0 Å². The number of ether oxygens (including phenoxy) is 1. The summed E-state index contributed by atoms with van der Waals surface area (Å²) >= 11 is 6.34. The Labute approximate surface area is 108 Å². The van der Waals surface area contributed by atoms with Gasteiger partial charge in [-0.05, 0) is 31.2 Å². The van der Waals surface area contributed by atoms with Crippen LogP contribution in [-0.4, -0.2) is 43.9 Å². The number of alkyl halides is 1. The van der Waals surface area contributed by atoms with Crippen LogP contribution in [0.2, 0.25) is 0 Å². The van der Waals surface area contributed by atoms with Crippen LogP contribution in [0.15, 0.2) is 18.2 Å². The van der Waals surface area contributed by atoms with Crippen molar-refractivity contribution in [2.24, 2.45) is 0 Å². The molecule has 0 saturated carbocycles. The number of benzene rings is 1. The minimum Gasteiger partial charge on any atom is -0.496 e. The summed E-state index contributed by atoms with van der Waals surface area (Å²) in [5, 5.41) is 8.76. The van der Waals surface area contributed by atoms with Crippen molar-refractivity contribution < 1.29 is 9.84 Å². The molecule has 0 amide bonds. The summed E-state index contributed by atoms with van der Waals surface area (Å²) in [5.41, 5.74) is 2.16. The zero-order chi connectivity index (χ0) is 12.8. The summed E-state index contributed by atoms with van der Waals surface area (Å²) in [6.45, 7) is 3.51. The maximum Gasteiger partial charge on any atom is 0.121 e. The van der Waals surface area contributed by atoms with Crippen LogP contribution in [0, 0.1) is 6.92 Å². The van der Waals surface area contributed by atoms with Crippen LogP contribution in [0.5, 0.6) is 5.75 Å². The summed E-state index contributed by atoms with van der Waals surface area (Å²) in [6, 6.07) is 5.96. The Balaban J connectivity index is 2.69. The van der Waals surface area contributed by atoms with E-state index in [1.165, 1.54) is 0 Å². The average molecular weight is 258 g/mol. The second-order valence-electron chi connectivity index (χ2n) is 4.18. The molecule has 1 unspecified atom stereocenters. The van der Waals surface area contributed by atoms with E-state index in [4.69, 9.17) is 21.4 Å². The number of rotatable bonds is 6. The van der Waals surface area contributed by atoms with Crippen LogP contribution in [0.25, 0.3) is 0 Å². The molecule has 4 heteroatoms. The number of aliphatic hydroxyl groups excluding tert-OH is 1. The first-order valence-corrected chi connectivity index (χ1v) is 6.10. The molecule has 17 heavy (non-hydrogen) atoms. The van der Waals surface area contributed by atoms with E-state index in [9.17, 15) is 0 Å². The Kier molecular flexibility index (Phi) is 5.75. The Hall–Kier alpha value is -0.770. The van der Waals surface area contributed by atoms with E-state index in [2.05, 4.69) is 0 Å². The number of nitrogens with zero attached hydrogens (tertiary/aromatic N) is 1. The van der Waals surface area contributed by atoms with Crippen molar-refractivity contribution >= 4 is 11.6 Å². The highest BCUT2D eigenvalue weighted by molar-refractivity contribution is 6.21. The first-order chi connectivity index (χ1) is 8.08. The molecule has 0 bridgehead atoms. The molecule has 0 spiro atoms. The van der Waals surface area contributed by atoms with E-state index in [1.807, 2.05) is 37.1 Å². The van der Waals surface area contributed by atoms with Crippen molar-refractivity contribution in [3.8, 4) is 5.75 Å². The average Bonchev–Trinajstić information content (AvgIpc) is 2.29. The molecule has 1 aromatic carbocycles. The summed E-state index contributed by atoms with van der Waals surface area (Å²) in [4.78, 5) is 2.01. The van der Waals surface area contributed by atoms with Gasteiger partial charge in [0.05, 0.1) is 19.1 Å². The molecule has 96 valence electrons. The predicted molar refractivity (Wildman–Crippen MR) is 70.9 cm³/mol. The molecule has 0 aliphatic rings. The van der Waals surface area contributed by atoms with Gasteiger partial charge in [-0.25, -0.2) is 0 Å². The summed E-state index contributed by atoms with van der Waals surface area (Å²) in [7, 11) is 3.61. The topological polar surface area (TPSA) is 32.7 Å². The molecular formula is C13H20ClNO2. The summed E-state index contributed by atoms with van der Waals surface area (Å²) in [6.07, 6.45) is 0. The van der Waals surface area contributed by atoms with Gasteiger partial charge >= 0.3 is 0 Å². The molecule has 0 fully saturated rings. The lowest BCUT2D eigenvalue weighted by molar-refractivity contribution is 0.221. The van der Waals surface area contributed by atoms with Crippen molar-refractivity contribution in [3.05, 3.63) is 29.3 Å². The molecule has 0 aliphatic heterocycles. The van der Waals surface area contributed by atoms with E-state index in [-0.39, 0.29) is 12.0 Å². The highest BCUT2D eigenvalue weighted by Gasteiger charge is 2.12. The number of aryl methyl sites for hydroxylation is 1. The highest BCUT2D eigenvalue weighted by Crippen LogP contribution is 2.26. The van der Waals surface area contributed by atoms with Gasteiger partial charge in [0.1, 0.15) is 5.75 Å². The smallest absolute Gasteiger partial charge is 0.121 e. The van der Waals surface area contributed by atoms with Crippen molar-refractivity contribution in [1.29, 1.82) is 0 Å². The lowest BCUT2D eigenvalue weighted by atomic mass is 10.1. The fourth-order valence-corrected chi connectivity index (χ4v) is 2.11. The third-order valence-corrected chi connectivity index (χ3v) is 3.12. The first kappa shape index (κ1) is 14.3. The Bertz CT molecular complexity index is 357. The van der Waals surface area contributed by atoms with Gasteiger partial charge in [-0.1, -0.05) is 12.1 Å². The van der Waals surface area contributed by atoms with Crippen molar-refractivity contribution in [1.82, 2.24) is 4.90 Å². The number of hydrogen-bond acceptors (Lipinski definition) is 3. The number of methoxy groups -OCH3 is 1. The Morgan fingerprint density at radius 3 is 2.71 bits per heavy atom. The third-order valence-electron chi connectivity index (χ3n) is 2.73. The zero-order valence-electron chi connectivity index (χ0n) is 10.6. The lowest BCUT2D eigenvalue weighted by Crippen LogP contribution is -2.25. The van der Waals surface area contributed by atoms with Gasteiger partial charge in [-0.2, -0.15) is 0 Å². The summed E-state index contributed by atoms with van der Waals surface area (Å²) in [5.74, 6) is 0.876. The third kappa shape index (κ3) is 4.19. The molecule has 3 nitrogen and oxygen atoms in total. The second-order valence-corrected chi connectivity index (χ2v) is 4.71. The van der Waals surface area contributed by atoms with Gasteiger partial charge in [0.2, 0.25) is 0 Å². The number of likely N-dealkylation sites (N-methyl/N-ethyl adjacent to an activating group) is 1. The van der Waals surface area contributed by atoms with Gasteiger partial charge in [0.15, 0.2) is 0 Å². The maximum absolute atomic E-state index is 8.83. The van der Waals surface area contributed by atoms with E-state index in [1.54, 1.807) is 7.11 Å². The Morgan fingerprint density at radius 2 is 2.18 bits per heavy atom. The summed E-state index contributed by atoms with van der Waals surface area (Å²) < 4.78 is 5.21. The highest BCUT2D eigenvalue weighted by atomic mass is 35.5. The molecule has 1 aromatic rings. The molecule has 1 atom stereocenters. The molecule has 0 radical (unpaired) electrons. The molecule has 1 rings (SSSR count). The Morgan fingerprint density at radius 1 is 1.47 bits per heavy atom. The first-order valence-electron chi connectivity index (χ1n) is 5.66. The van der Waals surface area contributed by atoms with Gasteiger partial charge < -0.3 is 14.7 Å². The quantitative estimate of drug-likeness (QED) is 0.794. The van der Waals surface area contributed by atoms with Gasteiger partial charge in [-0.15, -0.1) is 11.6 Å². The minimum atomic E-state index is -0.0730. The number of aliphatic hydroxyl groups is 1. The van der Waals surface area contributed by atoms with Gasteiger partial charge in [-0.3, -0.25) is 0 Å². The van der Waals surface area contributed by atoms with Crippen LogP contribution in [0.3, 0.4) is 0 Å². The monoisotopic (exact) mass is 257 g/mol. The van der Waals surface area contributed by atoms with Crippen LogP contribution in [0.4, 0.5) is 0 Å². The van der Waals surface area contributed by atoms with Gasteiger partial charge in [0, 0.05) is 13.1 Å². The second kappa shape index (κ2) is 6.84. The molecule has 0 aliphatic carbocycles. The van der Waals surface area contributed by atoms with Crippen LogP contribution < -0.4 is 4.74 Å². The van der Waals surface area contributed by atoms with Crippen LogP contribution in [0.1, 0.15) is 16.5 Å². The van der Waals surface area contributed by atoms with E-state index < -0.39 is 0 Å². The van der Waals surface area contributed by atoms with E-state index in [0.717, 1.165) is 16.9 Å². The number of halogens is 1. The van der Waals surface area contributed by atoms with E-state index in [0.29, 0.717) is 13.1 Å². The largest absolute Gasteiger partial charge is 0.496 e. The maximum atomic E-state index is 8.83. The normalized spacial score (nSPS) is 12.8. The molecule has 0 heterocycles.